The highest BCUT2D eigenvalue weighted by molar-refractivity contribution is 6.63. The zero-order chi connectivity index (χ0) is 26.9. The number of hydrogen-bond donors (Lipinski definition) is 0. The first-order valence-corrected chi connectivity index (χ1v) is 10.4. The summed E-state index contributed by atoms with van der Waals surface area (Å²) in [5.74, 6) is -39.2. The second-order valence-corrected chi connectivity index (χ2v) is 8.95. The first kappa shape index (κ1) is 32.0. The number of halogens is 15. The number of hydrogen-bond acceptors (Lipinski definition) is 3. The van der Waals surface area contributed by atoms with Crippen molar-refractivity contribution in [2.45, 2.75) is 68.5 Å². The van der Waals surface area contributed by atoms with Crippen molar-refractivity contribution >= 4 is 8.80 Å². The summed E-state index contributed by atoms with van der Waals surface area (Å²) in [6, 6.07) is 0. The van der Waals surface area contributed by atoms with Crippen LogP contribution in [0.15, 0.2) is 0 Å². The van der Waals surface area contributed by atoms with Crippen LogP contribution in [0.25, 0.3) is 0 Å². The average molecular weight is 546 g/mol. The number of rotatable bonds is 13. The topological polar surface area (TPSA) is 27.7 Å². The highest BCUT2D eigenvalue weighted by atomic mass is 28.4. The molecule has 0 saturated carbocycles. The van der Waals surface area contributed by atoms with E-state index in [0.29, 0.717) is 0 Å². The lowest BCUT2D eigenvalue weighted by molar-refractivity contribution is -0.441. The van der Waals surface area contributed by atoms with E-state index in [-0.39, 0.29) is 0 Å². The maximum atomic E-state index is 14.6. The zero-order valence-corrected chi connectivity index (χ0v) is 17.7. The molecule has 0 bridgehead atoms. The lowest BCUT2D eigenvalue weighted by Gasteiger charge is -2.41. The van der Waals surface area contributed by atoms with Gasteiger partial charge in [0.05, 0.1) is 6.42 Å². The van der Waals surface area contributed by atoms with Crippen molar-refractivity contribution < 1.29 is 79.1 Å². The summed E-state index contributed by atoms with van der Waals surface area (Å²) in [4.78, 5) is 0. The van der Waals surface area contributed by atoms with Crippen molar-refractivity contribution in [1.82, 2.24) is 0 Å². The Kier molecular flexibility index (Phi) is 9.32. The Morgan fingerprint density at radius 2 is 0.788 bits per heavy atom. The van der Waals surface area contributed by atoms with Gasteiger partial charge in [0.25, 0.3) is 0 Å². The molecule has 0 saturated heterocycles. The molecule has 0 aliphatic rings. The molecule has 33 heavy (non-hydrogen) atoms. The van der Waals surface area contributed by atoms with Gasteiger partial charge in [-0.2, -0.15) is 57.1 Å². The van der Waals surface area contributed by atoms with Crippen LogP contribution in [0.4, 0.5) is 65.9 Å². The highest BCUT2D eigenvalue weighted by Gasteiger charge is 2.91. The molecule has 0 radical (unpaired) electrons. The Morgan fingerprint density at radius 1 is 0.485 bits per heavy atom. The maximum absolute atomic E-state index is 14.6. The molecule has 3 nitrogen and oxygen atoms in total. The van der Waals surface area contributed by atoms with E-state index in [1.807, 2.05) is 0 Å². The number of alkyl halides is 15. The van der Waals surface area contributed by atoms with Crippen LogP contribution < -0.4 is 0 Å². The van der Waals surface area contributed by atoms with Crippen LogP contribution >= 0.6 is 0 Å². The first-order valence-electron chi connectivity index (χ1n) is 8.64. The summed E-state index contributed by atoms with van der Waals surface area (Å²) in [7, 11) is -5.79. The van der Waals surface area contributed by atoms with Crippen LogP contribution in [0.2, 0.25) is 0 Å². The first-order chi connectivity index (χ1) is 14.4. The monoisotopic (exact) mass is 546 g/mol. The SMILES string of the molecule is CCO[Si](OCC)(OCC)C(F)(F)CC(F)(F)C(F)(F)C(F)(F)C(F)(F)C(F)(F)C(F)(F)F. The molecule has 0 amide bonds. The predicted molar refractivity (Wildman–Crippen MR) is 81.0 cm³/mol. The van der Waals surface area contributed by atoms with Gasteiger partial charge < -0.3 is 13.3 Å². The third-order valence-corrected chi connectivity index (χ3v) is 6.97. The molecule has 0 atom stereocenters. The molecule has 0 spiro atoms. The smallest absolute Gasteiger partial charge is 0.370 e. The van der Waals surface area contributed by atoms with Gasteiger partial charge in [-0.1, -0.05) is 0 Å². The second-order valence-electron chi connectivity index (χ2n) is 6.24. The Hall–Kier alpha value is -0.953. The molecule has 0 aromatic heterocycles. The minimum absolute atomic E-state index is 0.796. The van der Waals surface area contributed by atoms with E-state index in [1.54, 1.807) is 0 Å². The zero-order valence-electron chi connectivity index (χ0n) is 16.7. The molecule has 0 fully saturated rings. The Morgan fingerprint density at radius 3 is 1.06 bits per heavy atom. The Labute approximate surface area is 177 Å². The van der Waals surface area contributed by atoms with E-state index >= 15 is 0 Å². The molecule has 0 aliphatic carbocycles. The molecule has 19 heteroatoms. The van der Waals surface area contributed by atoms with E-state index in [0.717, 1.165) is 20.8 Å². The van der Waals surface area contributed by atoms with E-state index in [4.69, 9.17) is 0 Å². The fourth-order valence-corrected chi connectivity index (χ4v) is 4.77. The molecule has 200 valence electrons. The Bertz CT molecular complexity index is 633. The van der Waals surface area contributed by atoms with Crippen molar-refractivity contribution in [3.8, 4) is 0 Å². The molecular formula is C14H17F15O3Si. The van der Waals surface area contributed by atoms with Gasteiger partial charge in [-0.05, 0) is 20.8 Å². The van der Waals surface area contributed by atoms with Crippen LogP contribution in [0.5, 0.6) is 0 Å². The van der Waals surface area contributed by atoms with Crippen LogP contribution in [0, 0.1) is 0 Å². The van der Waals surface area contributed by atoms with Crippen molar-refractivity contribution in [3.63, 3.8) is 0 Å². The summed E-state index contributed by atoms with van der Waals surface area (Å²) in [6.45, 7) is 0.519. The standard InChI is InChI=1S/C14H17F15O3Si/c1-4-30-33(31-5-2,32-6-3)9(17,18)7-8(15,16)10(19,20)11(21,22)12(23,24)13(25,26)14(27,28)29/h4-7H2,1-3H3. The van der Waals surface area contributed by atoms with Gasteiger partial charge >= 0.3 is 50.1 Å². The fourth-order valence-electron chi connectivity index (χ4n) is 2.31. The van der Waals surface area contributed by atoms with Gasteiger partial charge in [-0.25, -0.2) is 8.78 Å². The lowest BCUT2D eigenvalue weighted by Crippen LogP contribution is -2.71. The lowest BCUT2D eigenvalue weighted by atomic mass is 9.92. The molecule has 0 N–H and O–H groups in total. The minimum Gasteiger partial charge on any atom is -0.370 e. The van der Waals surface area contributed by atoms with Gasteiger partial charge in [-0.3, -0.25) is 0 Å². The summed E-state index contributed by atoms with van der Waals surface area (Å²) in [6.07, 6.45) is -11.4. The van der Waals surface area contributed by atoms with Crippen molar-refractivity contribution in [2.75, 3.05) is 19.8 Å². The predicted octanol–water partition coefficient (Wildman–Crippen LogP) is 6.34. The largest absolute Gasteiger partial charge is 0.574 e. The van der Waals surface area contributed by atoms with Crippen LogP contribution in [0.1, 0.15) is 27.2 Å². The maximum Gasteiger partial charge on any atom is 0.574 e. The molecule has 0 aliphatic heterocycles. The second kappa shape index (κ2) is 9.60. The molecule has 0 aromatic carbocycles. The minimum atomic E-state index is -8.19. The van der Waals surface area contributed by atoms with E-state index < -0.39 is 76.4 Å². The molecule has 0 aromatic rings. The highest BCUT2D eigenvalue weighted by Crippen LogP contribution is 2.61. The van der Waals surface area contributed by atoms with Gasteiger partial charge in [0, 0.05) is 19.8 Å². The summed E-state index contributed by atoms with van der Waals surface area (Å²) >= 11 is 0. The van der Waals surface area contributed by atoms with Gasteiger partial charge in [0.1, 0.15) is 0 Å². The fraction of sp³-hybridized carbons (Fsp3) is 1.00. The summed E-state index contributed by atoms with van der Waals surface area (Å²) in [5.41, 5.74) is -5.43. The van der Waals surface area contributed by atoms with E-state index in [2.05, 4.69) is 13.3 Å². The van der Waals surface area contributed by atoms with E-state index in [9.17, 15) is 65.9 Å². The molecule has 0 unspecified atom stereocenters. The molecule has 0 rings (SSSR count). The normalized spacial score (nSPS) is 15.8. The van der Waals surface area contributed by atoms with Crippen LogP contribution in [-0.2, 0) is 13.3 Å². The average Bonchev–Trinajstić information content (AvgIpc) is 2.59. The van der Waals surface area contributed by atoms with Gasteiger partial charge in [0.15, 0.2) is 0 Å². The summed E-state index contributed by atoms with van der Waals surface area (Å²) in [5, 5.41) is 0. The van der Waals surface area contributed by atoms with Gasteiger partial charge in [0.2, 0.25) is 0 Å². The summed E-state index contributed by atoms with van der Waals surface area (Å²) < 4.78 is 213. The van der Waals surface area contributed by atoms with Crippen molar-refractivity contribution in [3.05, 3.63) is 0 Å². The third kappa shape index (κ3) is 5.19. The molecular weight excluding hydrogens is 529 g/mol. The quantitative estimate of drug-likeness (QED) is 0.200. The Balaban J connectivity index is 6.56. The van der Waals surface area contributed by atoms with Gasteiger partial charge in [-0.15, -0.1) is 0 Å². The van der Waals surface area contributed by atoms with Crippen molar-refractivity contribution in [1.29, 1.82) is 0 Å². The third-order valence-electron chi connectivity index (χ3n) is 3.89. The van der Waals surface area contributed by atoms with Crippen LogP contribution in [0.3, 0.4) is 0 Å². The molecule has 0 heterocycles. The van der Waals surface area contributed by atoms with Crippen LogP contribution in [-0.4, -0.2) is 70.0 Å². The van der Waals surface area contributed by atoms with E-state index in [1.165, 1.54) is 0 Å². The van der Waals surface area contributed by atoms with Crippen molar-refractivity contribution in [2.24, 2.45) is 0 Å².